The van der Waals surface area contributed by atoms with E-state index in [1.54, 1.807) is 0 Å². The summed E-state index contributed by atoms with van der Waals surface area (Å²) in [6.45, 7) is 0.908. The highest BCUT2D eigenvalue weighted by atomic mass is 15.0. The van der Waals surface area contributed by atoms with Crippen LogP contribution >= 0.6 is 0 Å². The summed E-state index contributed by atoms with van der Waals surface area (Å²) in [4.78, 5) is 0. The van der Waals surface area contributed by atoms with E-state index in [0.717, 1.165) is 54.7 Å². The van der Waals surface area contributed by atoms with E-state index >= 15 is 0 Å². The predicted octanol–water partition coefficient (Wildman–Crippen LogP) is 9.15. The fraction of sp³-hybridized carbons (Fsp3) is 0.116. The summed E-state index contributed by atoms with van der Waals surface area (Å²) in [5, 5.41) is 4.61. The number of aromatic nitrogens is 2. The third kappa shape index (κ3) is 3.52. The minimum absolute atomic E-state index is 0.444. The highest BCUT2D eigenvalue weighted by Crippen LogP contribution is 2.54. The van der Waals surface area contributed by atoms with Crippen molar-refractivity contribution >= 4 is 43.6 Å². The number of para-hydroxylation sites is 2. The second kappa shape index (κ2) is 10.0. The molecule has 2 aromatic heterocycles. The van der Waals surface area contributed by atoms with Gasteiger partial charge in [0.2, 0.25) is 0 Å². The zero-order chi connectivity index (χ0) is 30.7. The molecule has 0 N–H and O–H groups in total. The quantitative estimate of drug-likeness (QED) is 0.182. The lowest BCUT2D eigenvalue weighted by Gasteiger charge is -2.28. The van der Waals surface area contributed by atoms with Crippen LogP contribution in [0.5, 0.6) is 0 Å². The molecule has 2 heteroatoms. The van der Waals surface area contributed by atoms with E-state index in [-0.39, 0.29) is 0 Å². The summed E-state index contributed by atoms with van der Waals surface area (Å²) in [5.41, 5.74) is 10.9. The van der Waals surface area contributed by atoms with Crippen LogP contribution in [0.4, 0.5) is 0 Å². The first-order valence-corrected chi connectivity index (χ1v) is 15.1. The van der Waals surface area contributed by atoms with Gasteiger partial charge in [-0.25, -0.2) is 0 Å². The van der Waals surface area contributed by atoms with Crippen molar-refractivity contribution in [3.63, 3.8) is 0 Å². The number of benzene rings is 5. The molecule has 2 heterocycles. The Morgan fingerprint density at radius 2 is 1.16 bits per heavy atom. The van der Waals surface area contributed by atoms with E-state index in [4.69, 9.17) is 25.7 Å². The fourth-order valence-electron chi connectivity index (χ4n) is 7.94. The second-order valence-electron chi connectivity index (χ2n) is 11.8. The summed E-state index contributed by atoms with van der Waals surface area (Å²) in [7, 11) is 0. The minimum Gasteiger partial charge on any atom is -0.329 e. The molecule has 7 aromatic rings. The highest BCUT2D eigenvalue weighted by Gasteiger charge is 2.42. The molecule has 0 saturated heterocycles. The van der Waals surface area contributed by atoms with Crippen LogP contribution in [0.2, 0.25) is 0 Å². The maximum atomic E-state index is 6.07. The zero-order valence-electron chi connectivity index (χ0n) is 24.8. The lowest BCUT2D eigenvalue weighted by molar-refractivity contribution is 0.560. The molecule has 45 heavy (non-hydrogen) atoms. The van der Waals surface area contributed by atoms with Crippen LogP contribution < -0.4 is 0 Å². The average molecular weight is 573 g/mol. The van der Waals surface area contributed by atoms with Gasteiger partial charge in [0, 0.05) is 56.4 Å². The van der Waals surface area contributed by atoms with Gasteiger partial charge >= 0.3 is 0 Å². The topological polar surface area (TPSA) is 9.86 Å². The zero-order valence-corrected chi connectivity index (χ0v) is 24.8. The Hall–Kier alpha value is -6.06. The van der Waals surface area contributed by atoms with Crippen LogP contribution in [0.25, 0.3) is 65.9 Å². The molecule has 2 nitrogen and oxygen atoms in total. The number of terminal acetylenes is 4. The Morgan fingerprint density at radius 3 is 1.89 bits per heavy atom. The third-order valence-corrected chi connectivity index (χ3v) is 9.65. The molecule has 0 amide bonds. The Bertz CT molecular complexity index is 2520. The molecule has 0 radical (unpaired) electrons. The van der Waals surface area contributed by atoms with Crippen molar-refractivity contribution in [2.75, 3.05) is 0 Å². The van der Waals surface area contributed by atoms with Gasteiger partial charge in [0.25, 0.3) is 0 Å². The van der Waals surface area contributed by atoms with Crippen molar-refractivity contribution in [2.24, 2.45) is 0 Å². The summed E-state index contributed by atoms with van der Waals surface area (Å²) >= 11 is 0. The van der Waals surface area contributed by atoms with Crippen molar-refractivity contribution < 1.29 is 0 Å². The van der Waals surface area contributed by atoms with Crippen molar-refractivity contribution in [3.05, 3.63) is 108 Å². The molecular formula is C43H28N2. The van der Waals surface area contributed by atoms with Gasteiger partial charge in [-0.15, -0.1) is 37.5 Å². The molecule has 1 aliphatic rings. The van der Waals surface area contributed by atoms with Crippen LogP contribution in [-0.2, 0) is 18.5 Å². The molecule has 0 aliphatic heterocycles. The molecule has 0 spiro atoms. The molecule has 8 rings (SSSR count). The molecular weight excluding hydrogens is 544 g/mol. The normalized spacial score (nSPS) is 12.9. The van der Waals surface area contributed by atoms with Crippen LogP contribution in [0.15, 0.2) is 97.1 Å². The van der Waals surface area contributed by atoms with E-state index in [1.807, 2.05) is 0 Å². The van der Waals surface area contributed by atoms with Gasteiger partial charge in [-0.05, 0) is 52.1 Å². The summed E-state index contributed by atoms with van der Waals surface area (Å²) in [6.07, 6.45) is 25.2. The first kappa shape index (κ1) is 26.6. The van der Waals surface area contributed by atoms with Crippen molar-refractivity contribution in [1.29, 1.82) is 0 Å². The largest absolute Gasteiger partial charge is 0.329 e. The Balaban J connectivity index is 1.58. The monoisotopic (exact) mass is 572 g/mol. The first-order valence-electron chi connectivity index (χ1n) is 15.1. The number of rotatable bonds is 5. The summed E-state index contributed by atoms with van der Waals surface area (Å²) < 4.78 is 4.54. The molecule has 0 atom stereocenters. The Morgan fingerprint density at radius 1 is 0.533 bits per heavy atom. The predicted molar refractivity (Wildman–Crippen MR) is 189 cm³/mol. The van der Waals surface area contributed by atoms with E-state index in [1.165, 1.54) is 22.3 Å². The third-order valence-electron chi connectivity index (χ3n) is 9.65. The molecule has 0 fully saturated rings. The van der Waals surface area contributed by atoms with Crippen molar-refractivity contribution in [2.45, 2.75) is 31.3 Å². The number of hydrogen-bond acceptors (Lipinski definition) is 0. The lowest BCUT2D eigenvalue weighted by atomic mass is 9.73. The molecule has 5 aromatic carbocycles. The molecule has 1 aliphatic carbocycles. The SMILES string of the molecule is C#CCn1c2ccccc2c2c(-c3ccc4c(c3)C(CC#C)(CC#C)c3ccccc3-4)c3c(cc21)c1ccccc1n3CC#C. The smallest absolute Gasteiger partial charge is 0.0841 e. The number of nitrogens with zero attached hydrogens (tertiary/aromatic N) is 2. The fourth-order valence-corrected chi connectivity index (χ4v) is 7.94. The second-order valence-corrected chi connectivity index (χ2v) is 11.8. The van der Waals surface area contributed by atoms with Crippen LogP contribution in [0, 0.1) is 49.4 Å². The maximum Gasteiger partial charge on any atom is 0.0841 e. The van der Waals surface area contributed by atoms with E-state index in [0.29, 0.717) is 25.9 Å². The minimum atomic E-state index is -0.471. The van der Waals surface area contributed by atoms with Gasteiger partial charge in [-0.2, -0.15) is 0 Å². The van der Waals surface area contributed by atoms with Crippen molar-refractivity contribution in [3.8, 4) is 71.6 Å². The van der Waals surface area contributed by atoms with E-state index < -0.39 is 5.41 Å². The first-order chi connectivity index (χ1) is 22.2. The Kier molecular flexibility index (Phi) is 5.90. The van der Waals surface area contributed by atoms with E-state index in [2.05, 4.69) is 130 Å². The summed E-state index contributed by atoms with van der Waals surface area (Å²) in [6, 6.07) is 34.7. The Labute approximate surface area is 263 Å². The average Bonchev–Trinajstić information content (AvgIpc) is 3.66. The van der Waals surface area contributed by atoms with Gasteiger partial charge < -0.3 is 9.13 Å². The molecule has 0 unspecified atom stereocenters. The van der Waals surface area contributed by atoms with Crippen LogP contribution in [-0.4, -0.2) is 9.13 Å². The molecule has 0 bridgehead atoms. The lowest BCUT2D eigenvalue weighted by Crippen LogP contribution is -2.24. The van der Waals surface area contributed by atoms with Gasteiger partial charge in [0.15, 0.2) is 0 Å². The van der Waals surface area contributed by atoms with E-state index in [9.17, 15) is 0 Å². The van der Waals surface area contributed by atoms with Gasteiger partial charge in [-0.1, -0.05) is 84.6 Å². The van der Waals surface area contributed by atoms with Gasteiger partial charge in [0.05, 0.1) is 24.1 Å². The van der Waals surface area contributed by atoms with Crippen LogP contribution in [0.1, 0.15) is 24.0 Å². The molecule has 0 saturated carbocycles. The summed E-state index contributed by atoms with van der Waals surface area (Å²) in [5.74, 6) is 11.8. The van der Waals surface area contributed by atoms with Gasteiger partial charge in [-0.3, -0.25) is 0 Å². The number of hydrogen-bond donors (Lipinski definition) is 0. The van der Waals surface area contributed by atoms with Crippen LogP contribution in [0.3, 0.4) is 0 Å². The standard InChI is InChI=1S/C43H28N2/c1-5-23-43(24-6-2)35-18-12-9-15-30(35)31-22-21-29(27-36(31)43)40-41-33-17-11-14-20-38(33)44(25-7-3)39(41)28-34-32-16-10-13-19-37(32)45(26-8-4)42(34)40/h1-4,9-22,27-28H,23-26H2. The number of fused-ring (bicyclic) bond motifs is 9. The van der Waals surface area contributed by atoms with Gasteiger partial charge in [0.1, 0.15) is 0 Å². The molecule has 210 valence electrons. The van der Waals surface area contributed by atoms with Crippen molar-refractivity contribution in [1.82, 2.24) is 9.13 Å². The highest BCUT2D eigenvalue weighted by molar-refractivity contribution is 6.26. The maximum absolute atomic E-state index is 6.07.